The molecule has 0 spiro atoms. The number of phosphoric acid groups is 1. The number of amides is 1. The van der Waals surface area contributed by atoms with Crippen LogP contribution in [0.15, 0.2) is 48.6 Å². The highest BCUT2D eigenvalue weighted by Gasteiger charge is 2.23. The second-order valence-electron chi connectivity index (χ2n) is 12.2. The molecule has 0 heterocycles. The molecule has 9 nitrogen and oxygen atoms in total. The Labute approximate surface area is 292 Å². The maximum atomic E-state index is 12.0. The third kappa shape index (κ3) is 35.3. The van der Waals surface area contributed by atoms with Crippen LogP contribution in [0.2, 0.25) is 0 Å². The maximum Gasteiger partial charge on any atom is 0.472 e. The molecule has 0 saturated carbocycles. The first-order valence-corrected chi connectivity index (χ1v) is 20.1. The van der Waals surface area contributed by atoms with E-state index in [9.17, 15) is 24.2 Å². The molecule has 3 N–H and O–H groups in total. The number of hydrogen-bond acceptors (Lipinski definition) is 7. The number of rotatable bonds is 34. The van der Waals surface area contributed by atoms with Crippen LogP contribution in [0.5, 0.6) is 0 Å². The standard InChI is InChI=1S/C38H68NO8P/c1-3-5-7-9-11-13-15-17-19-21-23-25-27-29-31-38(42)45-34-36(40)35-47-48(43,44)46-33-32-39-37(41)30-28-26-24-22-20-18-16-14-12-10-8-6-4-2/h6,8,12,14-15,17-18,20,36,40H,3-5,7,9-11,13,16,19,21-35H2,1-2H3,(H,39,41)(H,43,44)/b8-6-,14-12-,17-15-,20-18-. The van der Waals surface area contributed by atoms with Gasteiger partial charge in [-0.15, -0.1) is 0 Å². The van der Waals surface area contributed by atoms with Gasteiger partial charge in [0.25, 0.3) is 0 Å². The summed E-state index contributed by atoms with van der Waals surface area (Å²) < 4.78 is 26.7. The lowest BCUT2D eigenvalue weighted by Crippen LogP contribution is -2.27. The van der Waals surface area contributed by atoms with Crippen molar-refractivity contribution < 1.29 is 37.9 Å². The normalized spacial score (nSPS) is 14.0. The fourth-order valence-corrected chi connectivity index (χ4v) is 5.44. The molecule has 1 amide bonds. The van der Waals surface area contributed by atoms with E-state index in [4.69, 9.17) is 13.8 Å². The fourth-order valence-electron chi connectivity index (χ4n) is 4.68. The largest absolute Gasteiger partial charge is 0.472 e. The Kier molecular flexibility index (Phi) is 33.3. The number of carbonyl (C=O) groups excluding carboxylic acids is 2. The van der Waals surface area contributed by atoms with Gasteiger partial charge in [-0.2, -0.15) is 0 Å². The molecule has 0 aliphatic heterocycles. The first kappa shape index (κ1) is 46.0. The third-order valence-electron chi connectivity index (χ3n) is 7.49. The van der Waals surface area contributed by atoms with Gasteiger partial charge in [-0.05, 0) is 70.6 Å². The highest BCUT2D eigenvalue weighted by Crippen LogP contribution is 2.42. The van der Waals surface area contributed by atoms with Gasteiger partial charge in [0.15, 0.2) is 0 Å². The Hall–Kier alpha value is -2.03. The monoisotopic (exact) mass is 697 g/mol. The molecule has 0 aliphatic carbocycles. The number of esters is 1. The lowest BCUT2D eigenvalue weighted by Gasteiger charge is -2.15. The number of hydrogen-bond donors (Lipinski definition) is 3. The van der Waals surface area contributed by atoms with E-state index in [2.05, 4.69) is 67.8 Å². The molecule has 2 atom stereocenters. The smallest absolute Gasteiger partial charge is 0.463 e. The lowest BCUT2D eigenvalue weighted by molar-refractivity contribution is -0.147. The van der Waals surface area contributed by atoms with Gasteiger partial charge in [0.1, 0.15) is 12.7 Å². The van der Waals surface area contributed by atoms with Crippen molar-refractivity contribution in [2.24, 2.45) is 0 Å². The van der Waals surface area contributed by atoms with Crippen molar-refractivity contribution in [2.75, 3.05) is 26.4 Å². The van der Waals surface area contributed by atoms with Gasteiger partial charge in [-0.25, -0.2) is 4.57 Å². The average molecular weight is 698 g/mol. The SMILES string of the molecule is CC/C=C\C/C=C\C/C=C\CCCCCC(=O)NCCOP(=O)(O)OCC(O)COC(=O)CCCCCCC/C=C\CCCCCCC. The highest BCUT2D eigenvalue weighted by molar-refractivity contribution is 7.47. The first-order chi connectivity index (χ1) is 23.3. The second kappa shape index (κ2) is 34.8. The zero-order chi connectivity index (χ0) is 35.4. The summed E-state index contributed by atoms with van der Waals surface area (Å²) in [5.74, 6) is -0.560. The molecule has 0 fully saturated rings. The van der Waals surface area contributed by atoms with Gasteiger partial charge in [-0.1, -0.05) is 114 Å². The van der Waals surface area contributed by atoms with Crippen molar-refractivity contribution in [3.05, 3.63) is 48.6 Å². The van der Waals surface area contributed by atoms with E-state index in [1.54, 1.807) is 0 Å². The number of nitrogens with one attached hydrogen (secondary N) is 1. The van der Waals surface area contributed by atoms with Crippen LogP contribution in [0.4, 0.5) is 0 Å². The molecule has 0 aromatic carbocycles. The summed E-state index contributed by atoms with van der Waals surface area (Å²) in [6, 6.07) is 0. The van der Waals surface area contributed by atoms with Crippen LogP contribution in [0.3, 0.4) is 0 Å². The van der Waals surface area contributed by atoms with Gasteiger partial charge in [0, 0.05) is 19.4 Å². The van der Waals surface area contributed by atoms with Crippen LogP contribution in [0.1, 0.15) is 149 Å². The number of allylic oxidation sites excluding steroid dienone is 8. The van der Waals surface area contributed by atoms with Crippen LogP contribution < -0.4 is 5.32 Å². The van der Waals surface area contributed by atoms with Gasteiger partial charge < -0.3 is 20.1 Å². The minimum atomic E-state index is -4.42. The van der Waals surface area contributed by atoms with Crippen LogP contribution in [0, 0.1) is 0 Å². The summed E-state index contributed by atoms with van der Waals surface area (Å²) in [7, 11) is -4.42. The molecule has 0 aromatic rings. The van der Waals surface area contributed by atoms with E-state index in [1.807, 2.05) is 0 Å². The highest BCUT2D eigenvalue weighted by atomic mass is 31.2. The minimum Gasteiger partial charge on any atom is -0.463 e. The molecule has 0 saturated heterocycles. The predicted molar refractivity (Wildman–Crippen MR) is 197 cm³/mol. The van der Waals surface area contributed by atoms with Crippen molar-refractivity contribution in [3.63, 3.8) is 0 Å². The number of aliphatic hydroxyl groups is 1. The van der Waals surface area contributed by atoms with Crippen molar-refractivity contribution in [1.29, 1.82) is 0 Å². The van der Waals surface area contributed by atoms with E-state index >= 15 is 0 Å². The van der Waals surface area contributed by atoms with E-state index < -0.39 is 26.5 Å². The Morgan fingerprint density at radius 2 is 1.19 bits per heavy atom. The Morgan fingerprint density at radius 3 is 1.83 bits per heavy atom. The number of carbonyl (C=O) groups is 2. The van der Waals surface area contributed by atoms with Crippen LogP contribution >= 0.6 is 7.82 Å². The minimum absolute atomic E-state index is 0.0632. The van der Waals surface area contributed by atoms with Crippen LogP contribution in [0.25, 0.3) is 0 Å². The van der Waals surface area contributed by atoms with Crippen molar-refractivity contribution in [1.82, 2.24) is 5.32 Å². The molecule has 0 aromatic heterocycles. The lowest BCUT2D eigenvalue weighted by atomic mass is 10.1. The van der Waals surface area contributed by atoms with Gasteiger partial charge in [0.05, 0.1) is 13.2 Å². The van der Waals surface area contributed by atoms with Crippen molar-refractivity contribution in [2.45, 2.75) is 155 Å². The third-order valence-corrected chi connectivity index (χ3v) is 8.48. The molecule has 48 heavy (non-hydrogen) atoms. The van der Waals surface area contributed by atoms with E-state index in [0.29, 0.717) is 6.42 Å². The number of phosphoric ester groups is 1. The van der Waals surface area contributed by atoms with Crippen molar-refractivity contribution in [3.8, 4) is 0 Å². The molecule has 2 unspecified atom stereocenters. The molecule has 0 rings (SSSR count). The zero-order valence-electron chi connectivity index (χ0n) is 30.2. The number of aliphatic hydroxyl groups excluding tert-OH is 1. The summed E-state index contributed by atoms with van der Waals surface area (Å²) >= 11 is 0. The van der Waals surface area contributed by atoms with Crippen molar-refractivity contribution >= 4 is 19.7 Å². The quantitative estimate of drug-likeness (QED) is 0.0262. The van der Waals surface area contributed by atoms with E-state index in [-0.39, 0.29) is 32.1 Å². The Morgan fingerprint density at radius 1 is 0.667 bits per heavy atom. The summed E-state index contributed by atoms with van der Waals surface area (Å²) in [6.07, 6.45) is 37.6. The van der Waals surface area contributed by atoms with E-state index in [1.165, 1.54) is 38.5 Å². The number of unbranched alkanes of at least 4 members (excludes halogenated alkanes) is 13. The Bertz CT molecular complexity index is 934. The van der Waals surface area contributed by atoms with Gasteiger partial charge in [0.2, 0.25) is 5.91 Å². The molecule has 0 radical (unpaired) electrons. The zero-order valence-corrected chi connectivity index (χ0v) is 31.1. The predicted octanol–water partition coefficient (Wildman–Crippen LogP) is 9.60. The molecular formula is C38H68NO8P. The van der Waals surface area contributed by atoms with E-state index in [0.717, 1.165) is 83.5 Å². The Balaban J connectivity index is 3.69. The summed E-state index contributed by atoms with van der Waals surface area (Å²) in [4.78, 5) is 33.7. The van der Waals surface area contributed by atoms with Crippen LogP contribution in [-0.2, 0) is 27.9 Å². The van der Waals surface area contributed by atoms with Gasteiger partial charge in [-0.3, -0.25) is 18.6 Å². The number of ether oxygens (including phenoxy) is 1. The topological polar surface area (TPSA) is 131 Å². The second-order valence-corrected chi connectivity index (χ2v) is 13.6. The summed E-state index contributed by atoms with van der Waals surface area (Å²) in [5, 5.41) is 12.6. The average Bonchev–Trinajstić information content (AvgIpc) is 3.07. The van der Waals surface area contributed by atoms with Gasteiger partial charge >= 0.3 is 13.8 Å². The summed E-state index contributed by atoms with van der Waals surface area (Å²) in [5.41, 5.74) is 0. The molecule has 0 bridgehead atoms. The molecule has 10 heteroatoms. The summed E-state index contributed by atoms with van der Waals surface area (Å²) in [6.45, 7) is 3.36. The molecular weight excluding hydrogens is 629 g/mol. The van der Waals surface area contributed by atoms with Crippen LogP contribution in [-0.4, -0.2) is 54.3 Å². The first-order valence-electron chi connectivity index (χ1n) is 18.6. The fraction of sp³-hybridized carbons (Fsp3) is 0.737. The molecule has 278 valence electrons. The molecule has 0 aliphatic rings. The maximum absolute atomic E-state index is 12.0.